The molecule has 1 aromatic rings. The monoisotopic (exact) mass is 295 g/mol. The summed E-state index contributed by atoms with van der Waals surface area (Å²) in [4.78, 5) is 11.9. The van der Waals surface area contributed by atoms with Crippen molar-refractivity contribution in [1.29, 1.82) is 0 Å². The molecule has 0 spiro atoms. The van der Waals surface area contributed by atoms with Gasteiger partial charge in [0, 0.05) is 12.7 Å². The lowest BCUT2D eigenvalue weighted by molar-refractivity contribution is -0.126. The van der Waals surface area contributed by atoms with Crippen LogP contribution in [0.5, 0.6) is 0 Å². The standard InChI is InChI=1S/C14H17NO4S/c1-2-3-11-19-14-10-9-13(16)15(14)20(17,18)12-7-5-4-6-8-12/h4-10,14H,2-3,11H2,1H3. The molecule has 1 aliphatic heterocycles. The number of nitrogens with zero attached hydrogens (tertiary/aromatic N) is 1. The summed E-state index contributed by atoms with van der Waals surface area (Å²) in [5.41, 5.74) is 0. The number of benzene rings is 1. The van der Waals surface area contributed by atoms with Crippen molar-refractivity contribution in [1.82, 2.24) is 4.31 Å². The smallest absolute Gasteiger partial charge is 0.269 e. The average Bonchev–Trinajstić information content (AvgIpc) is 2.82. The van der Waals surface area contributed by atoms with Crippen LogP contribution in [0.25, 0.3) is 0 Å². The largest absolute Gasteiger partial charge is 0.353 e. The third-order valence-corrected chi connectivity index (χ3v) is 4.71. The van der Waals surface area contributed by atoms with Crippen LogP contribution < -0.4 is 0 Å². The van der Waals surface area contributed by atoms with Crippen LogP contribution in [0, 0.1) is 0 Å². The first-order valence-corrected chi connectivity index (χ1v) is 7.94. The first-order valence-electron chi connectivity index (χ1n) is 6.50. The van der Waals surface area contributed by atoms with Crippen LogP contribution in [0.4, 0.5) is 0 Å². The van der Waals surface area contributed by atoms with E-state index in [-0.39, 0.29) is 4.90 Å². The molecule has 0 radical (unpaired) electrons. The Bertz CT molecular complexity index is 595. The van der Waals surface area contributed by atoms with Crippen molar-refractivity contribution in [3.63, 3.8) is 0 Å². The summed E-state index contributed by atoms with van der Waals surface area (Å²) in [5.74, 6) is -0.574. The van der Waals surface area contributed by atoms with Crippen molar-refractivity contribution in [3.05, 3.63) is 42.5 Å². The van der Waals surface area contributed by atoms with E-state index in [9.17, 15) is 13.2 Å². The van der Waals surface area contributed by atoms with Gasteiger partial charge in [-0.25, -0.2) is 12.7 Å². The third-order valence-electron chi connectivity index (χ3n) is 2.94. The molecule has 1 amide bonds. The van der Waals surface area contributed by atoms with Crippen LogP contribution in [0.2, 0.25) is 0 Å². The lowest BCUT2D eigenvalue weighted by Gasteiger charge is -2.24. The van der Waals surface area contributed by atoms with Crippen molar-refractivity contribution in [2.45, 2.75) is 30.9 Å². The molecular weight excluding hydrogens is 278 g/mol. The zero-order valence-corrected chi connectivity index (χ0v) is 12.0. The maximum atomic E-state index is 12.5. The molecule has 0 fully saturated rings. The minimum absolute atomic E-state index is 0.0844. The van der Waals surface area contributed by atoms with Crippen LogP contribution in [-0.4, -0.2) is 31.5 Å². The van der Waals surface area contributed by atoms with E-state index in [1.54, 1.807) is 18.2 Å². The van der Waals surface area contributed by atoms with E-state index in [0.29, 0.717) is 6.61 Å². The van der Waals surface area contributed by atoms with Crippen molar-refractivity contribution in [3.8, 4) is 0 Å². The number of hydrogen-bond donors (Lipinski definition) is 0. The van der Waals surface area contributed by atoms with Gasteiger partial charge in [0.2, 0.25) is 0 Å². The van der Waals surface area contributed by atoms with E-state index in [1.165, 1.54) is 24.3 Å². The van der Waals surface area contributed by atoms with Gasteiger partial charge in [-0.05, 0) is 24.6 Å². The Balaban J connectivity index is 2.23. The quantitative estimate of drug-likeness (QED) is 0.752. The third kappa shape index (κ3) is 2.91. The SMILES string of the molecule is CCCCOC1C=CC(=O)N1S(=O)(=O)c1ccccc1. The predicted molar refractivity (Wildman–Crippen MR) is 74.3 cm³/mol. The number of rotatable bonds is 6. The Morgan fingerprint density at radius 2 is 1.95 bits per heavy atom. The number of sulfonamides is 1. The van der Waals surface area contributed by atoms with Gasteiger partial charge in [-0.1, -0.05) is 31.5 Å². The summed E-state index contributed by atoms with van der Waals surface area (Å²) in [5, 5.41) is 0. The number of amides is 1. The molecule has 108 valence electrons. The van der Waals surface area contributed by atoms with E-state index < -0.39 is 22.2 Å². The summed E-state index contributed by atoms with van der Waals surface area (Å²) < 4.78 is 31.2. The molecule has 1 heterocycles. The van der Waals surface area contributed by atoms with Gasteiger partial charge in [0.1, 0.15) is 0 Å². The van der Waals surface area contributed by atoms with E-state index in [1.807, 2.05) is 6.92 Å². The molecule has 0 N–H and O–H groups in total. The maximum absolute atomic E-state index is 12.5. The first-order chi connectivity index (χ1) is 9.57. The molecular formula is C14H17NO4S. The molecule has 0 bridgehead atoms. The molecule has 0 saturated carbocycles. The van der Waals surface area contributed by atoms with Crippen LogP contribution in [-0.2, 0) is 19.6 Å². The minimum Gasteiger partial charge on any atom is -0.353 e. The Morgan fingerprint density at radius 3 is 2.60 bits per heavy atom. The molecule has 0 saturated heterocycles. The molecule has 1 unspecified atom stereocenters. The van der Waals surface area contributed by atoms with Crippen molar-refractivity contribution >= 4 is 15.9 Å². The number of carbonyl (C=O) groups excluding carboxylic acids is 1. The summed E-state index contributed by atoms with van der Waals surface area (Å²) in [7, 11) is -3.88. The van der Waals surface area contributed by atoms with Crippen LogP contribution in [0.15, 0.2) is 47.4 Å². The van der Waals surface area contributed by atoms with Crippen LogP contribution in [0.3, 0.4) is 0 Å². The molecule has 20 heavy (non-hydrogen) atoms. The van der Waals surface area contributed by atoms with Gasteiger partial charge in [0.05, 0.1) is 4.90 Å². The highest BCUT2D eigenvalue weighted by molar-refractivity contribution is 7.89. The summed E-state index contributed by atoms with van der Waals surface area (Å²) in [6, 6.07) is 7.88. The molecule has 2 rings (SSSR count). The zero-order chi connectivity index (χ0) is 14.6. The molecule has 0 aromatic heterocycles. The number of hydrogen-bond acceptors (Lipinski definition) is 4. The molecule has 1 atom stereocenters. The second-order valence-electron chi connectivity index (χ2n) is 4.43. The fourth-order valence-electron chi connectivity index (χ4n) is 1.87. The molecule has 5 nitrogen and oxygen atoms in total. The highest BCUT2D eigenvalue weighted by Crippen LogP contribution is 2.23. The Labute approximate surface area is 118 Å². The van der Waals surface area contributed by atoms with E-state index in [2.05, 4.69) is 0 Å². The van der Waals surface area contributed by atoms with Gasteiger partial charge in [-0.3, -0.25) is 4.79 Å². The molecule has 0 aliphatic carbocycles. The molecule has 6 heteroatoms. The highest BCUT2D eigenvalue weighted by atomic mass is 32.2. The highest BCUT2D eigenvalue weighted by Gasteiger charge is 2.37. The van der Waals surface area contributed by atoms with Gasteiger partial charge in [-0.15, -0.1) is 0 Å². The Kier molecular flexibility index (Phi) is 4.57. The second-order valence-corrected chi connectivity index (χ2v) is 6.24. The summed E-state index contributed by atoms with van der Waals surface area (Å²) in [6.07, 6.45) is 3.61. The average molecular weight is 295 g/mol. The normalized spacial score (nSPS) is 18.8. The number of unbranched alkanes of at least 4 members (excludes halogenated alkanes) is 1. The topological polar surface area (TPSA) is 63.7 Å². The first kappa shape index (κ1) is 14.7. The molecule has 1 aliphatic rings. The zero-order valence-electron chi connectivity index (χ0n) is 11.2. The van der Waals surface area contributed by atoms with Gasteiger partial charge in [0.15, 0.2) is 6.23 Å². The fraction of sp³-hybridized carbons (Fsp3) is 0.357. The number of carbonyl (C=O) groups is 1. The second kappa shape index (κ2) is 6.19. The van der Waals surface area contributed by atoms with E-state index in [0.717, 1.165) is 17.1 Å². The van der Waals surface area contributed by atoms with Crippen LogP contribution >= 0.6 is 0 Å². The van der Waals surface area contributed by atoms with Crippen molar-refractivity contribution in [2.75, 3.05) is 6.61 Å². The number of ether oxygens (including phenoxy) is 1. The van der Waals surface area contributed by atoms with Gasteiger partial charge >= 0.3 is 0 Å². The predicted octanol–water partition coefficient (Wildman–Crippen LogP) is 1.92. The van der Waals surface area contributed by atoms with E-state index in [4.69, 9.17) is 4.74 Å². The minimum atomic E-state index is -3.88. The van der Waals surface area contributed by atoms with Gasteiger partial charge in [-0.2, -0.15) is 0 Å². The Hall–Kier alpha value is -1.66. The summed E-state index contributed by atoms with van der Waals surface area (Å²) >= 11 is 0. The maximum Gasteiger partial charge on any atom is 0.269 e. The lowest BCUT2D eigenvalue weighted by atomic mass is 10.4. The van der Waals surface area contributed by atoms with Gasteiger partial charge in [0.25, 0.3) is 15.9 Å². The van der Waals surface area contributed by atoms with Gasteiger partial charge < -0.3 is 4.74 Å². The summed E-state index contributed by atoms with van der Waals surface area (Å²) in [6.45, 7) is 2.43. The van der Waals surface area contributed by atoms with Crippen molar-refractivity contribution in [2.24, 2.45) is 0 Å². The van der Waals surface area contributed by atoms with E-state index >= 15 is 0 Å². The van der Waals surface area contributed by atoms with Crippen LogP contribution in [0.1, 0.15) is 19.8 Å². The lowest BCUT2D eigenvalue weighted by Crippen LogP contribution is -2.40. The molecule has 1 aromatic carbocycles. The Morgan fingerprint density at radius 1 is 1.25 bits per heavy atom. The van der Waals surface area contributed by atoms with Crippen molar-refractivity contribution < 1.29 is 17.9 Å². The fourth-order valence-corrected chi connectivity index (χ4v) is 3.31.